The Bertz CT molecular complexity index is 1080. The molecule has 3 aromatic rings. The smallest absolute Gasteiger partial charge is 0.315 e. The summed E-state index contributed by atoms with van der Waals surface area (Å²) in [5, 5.41) is 6.85. The summed E-state index contributed by atoms with van der Waals surface area (Å²) < 4.78 is 29.6. The molecule has 1 heterocycles. The average molecular weight is 420 g/mol. The van der Waals surface area contributed by atoms with E-state index in [0.717, 1.165) is 11.1 Å². The third-order valence-corrected chi connectivity index (χ3v) is 6.11. The fraction of sp³-hybridized carbons (Fsp3) is 0.211. The van der Waals surface area contributed by atoms with Gasteiger partial charge in [-0.05, 0) is 42.3 Å². The summed E-state index contributed by atoms with van der Waals surface area (Å²) >= 11 is 5.78. The summed E-state index contributed by atoms with van der Waals surface area (Å²) in [6, 6.07) is 13.6. The standard InChI is InChI=1S/C19H18ClN3O4S/c1-13-4-2-3-5-14(13)12-21-18(24)19-22-17(23-27-19)10-11-28(25,26)16-8-6-15(20)7-9-16/h2-9H,10-12H2,1H3,(H,21,24). The molecule has 0 unspecified atom stereocenters. The van der Waals surface area contributed by atoms with Gasteiger partial charge in [0.15, 0.2) is 15.7 Å². The normalized spacial score (nSPS) is 11.4. The van der Waals surface area contributed by atoms with Crippen LogP contribution in [0.1, 0.15) is 27.6 Å². The molecule has 0 spiro atoms. The lowest BCUT2D eigenvalue weighted by molar-refractivity contribution is 0.0907. The second kappa shape index (κ2) is 8.53. The lowest BCUT2D eigenvalue weighted by Crippen LogP contribution is -2.23. The number of hydrogen-bond acceptors (Lipinski definition) is 6. The molecular formula is C19H18ClN3O4S. The summed E-state index contributed by atoms with van der Waals surface area (Å²) in [4.78, 5) is 16.3. The molecule has 0 aliphatic heterocycles. The van der Waals surface area contributed by atoms with Crippen LogP contribution in [-0.2, 0) is 22.8 Å². The highest BCUT2D eigenvalue weighted by atomic mass is 35.5. The second-order valence-corrected chi connectivity index (χ2v) is 8.69. The number of aryl methyl sites for hydroxylation is 2. The summed E-state index contributed by atoms with van der Waals surface area (Å²) in [6.45, 7) is 2.28. The van der Waals surface area contributed by atoms with E-state index in [9.17, 15) is 13.2 Å². The summed E-state index contributed by atoms with van der Waals surface area (Å²) in [6.07, 6.45) is 0.0273. The molecule has 0 atom stereocenters. The van der Waals surface area contributed by atoms with Gasteiger partial charge in [0.2, 0.25) is 0 Å². The predicted molar refractivity (Wildman–Crippen MR) is 104 cm³/mol. The molecule has 146 valence electrons. The third kappa shape index (κ3) is 4.96. The number of nitrogens with one attached hydrogen (secondary N) is 1. The number of sulfone groups is 1. The SMILES string of the molecule is Cc1ccccc1CNC(=O)c1nc(CCS(=O)(=O)c2ccc(Cl)cc2)no1. The van der Waals surface area contributed by atoms with Gasteiger partial charge in [0, 0.05) is 18.0 Å². The first-order chi connectivity index (χ1) is 13.3. The molecule has 0 saturated carbocycles. The van der Waals surface area contributed by atoms with Crippen molar-refractivity contribution in [2.24, 2.45) is 0 Å². The molecule has 0 fully saturated rings. The molecule has 1 N–H and O–H groups in total. The number of aromatic nitrogens is 2. The molecule has 3 rings (SSSR count). The van der Waals surface area contributed by atoms with Crippen LogP contribution in [0.15, 0.2) is 57.9 Å². The monoisotopic (exact) mass is 419 g/mol. The Balaban J connectivity index is 1.58. The van der Waals surface area contributed by atoms with E-state index in [2.05, 4.69) is 15.5 Å². The Morgan fingerprint density at radius 1 is 1.14 bits per heavy atom. The molecule has 0 aliphatic carbocycles. The van der Waals surface area contributed by atoms with E-state index >= 15 is 0 Å². The van der Waals surface area contributed by atoms with E-state index in [-0.39, 0.29) is 28.8 Å². The first-order valence-corrected chi connectivity index (χ1v) is 10.5. The van der Waals surface area contributed by atoms with Crippen molar-refractivity contribution in [1.29, 1.82) is 0 Å². The molecule has 0 radical (unpaired) electrons. The zero-order valence-corrected chi connectivity index (χ0v) is 16.6. The van der Waals surface area contributed by atoms with Crippen LogP contribution in [-0.4, -0.2) is 30.2 Å². The molecule has 9 heteroatoms. The maximum absolute atomic E-state index is 12.3. The highest BCUT2D eigenvalue weighted by molar-refractivity contribution is 7.91. The molecule has 0 bridgehead atoms. The summed E-state index contributed by atoms with van der Waals surface area (Å²) in [5.41, 5.74) is 2.03. The number of hydrogen-bond donors (Lipinski definition) is 1. The minimum atomic E-state index is -3.52. The first kappa shape index (κ1) is 20.0. The van der Waals surface area contributed by atoms with Crippen LogP contribution in [0.2, 0.25) is 5.02 Å². The van der Waals surface area contributed by atoms with Crippen LogP contribution in [0.5, 0.6) is 0 Å². The Labute approximate surface area is 167 Å². The molecule has 1 aromatic heterocycles. The van der Waals surface area contributed by atoms with Gasteiger partial charge in [0.1, 0.15) is 0 Å². The summed E-state index contributed by atoms with van der Waals surface area (Å²) in [7, 11) is -3.52. The van der Waals surface area contributed by atoms with Crippen LogP contribution >= 0.6 is 11.6 Å². The third-order valence-electron chi connectivity index (χ3n) is 4.13. The van der Waals surface area contributed by atoms with Gasteiger partial charge in [-0.3, -0.25) is 4.79 Å². The summed E-state index contributed by atoms with van der Waals surface area (Å²) in [5.74, 6) is -0.771. The maximum atomic E-state index is 12.3. The van der Waals surface area contributed by atoms with Crippen molar-refractivity contribution in [3.63, 3.8) is 0 Å². The van der Waals surface area contributed by atoms with Crippen molar-refractivity contribution in [1.82, 2.24) is 15.5 Å². The Morgan fingerprint density at radius 3 is 2.57 bits per heavy atom. The number of carbonyl (C=O) groups excluding carboxylic acids is 1. The molecule has 2 aromatic carbocycles. The highest BCUT2D eigenvalue weighted by Crippen LogP contribution is 2.16. The van der Waals surface area contributed by atoms with Gasteiger partial charge in [0.25, 0.3) is 0 Å². The van der Waals surface area contributed by atoms with Crippen LogP contribution in [0.3, 0.4) is 0 Å². The maximum Gasteiger partial charge on any atom is 0.315 e. The predicted octanol–water partition coefficient (Wildman–Crippen LogP) is 2.98. The zero-order chi connectivity index (χ0) is 20.1. The van der Waals surface area contributed by atoms with Crippen molar-refractivity contribution in [2.45, 2.75) is 24.8 Å². The molecule has 7 nitrogen and oxygen atoms in total. The van der Waals surface area contributed by atoms with Gasteiger partial charge < -0.3 is 9.84 Å². The quantitative estimate of drug-likeness (QED) is 0.631. The van der Waals surface area contributed by atoms with Crippen molar-refractivity contribution in [2.75, 3.05) is 5.75 Å². The molecular weight excluding hydrogens is 402 g/mol. The Kier molecular flexibility index (Phi) is 6.11. The van der Waals surface area contributed by atoms with Gasteiger partial charge in [-0.2, -0.15) is 4.98 Å². The fourth-order valence-electron chi connectivity index (χ4n) is 2.49. The van der Waals surface area contributed by atoms with Crippen LogP contribution in [0, 0.1) is 6.92 Å². The molecule has 0 saturated heterocycles. The van der Waals surface area contributed by atoms with Crippen molar-refractivity contribution in [3.05, 3.63) is 76.4 Å². The van der Waals surface area contributed by atoms with E-state index in [0.29, 0.717) is 11.6 Å². The van der Waals surface area contributed by atoms with E-state index in [1.54, 1.807) is 0 Å². The molecule has 0 aliphatic rings. The lowest BCUT2D eigenvalue weighted by Gasteiger charge is -2.05. The zero-order valence-electron chi connectivity index (χ0n) is 15.1. The first-order valence-electron chi connectivity index (χ1n) is 8.49. The van der Waals surface area contributed by atoms with Crippen molar-refractivity contribution >= 4 is 27.3 Å². The fourth-order valence-corrected chi connectivity index (χ4v) is 3.86. The van der Waals surface area contributed by atoms with E-state index in [4.69, 9.17) is 16.1 Å². The van der Waals surface area contributed by atoms with E-state index in [1.807, 2.05) is 31.2 Å². The van der Waals surface area contributed by atoms with Gasteiger partial charge >= 0.3 is 11.8 Å². The van der Waals surface area contributed by atoms with E-state index < -0.39 is 15.7 Å². The van der Waals surface area contributed by atoms with Crippen LogP contribution in [0.25, 0.3) is 0 Å². The van der Waals surface area contributed by atoms with Crippen LogP contribution in [0.4, 0.5) is 0 Å². The van der Waals surface area contributed by atoms with E-state index in [1.165, 1.54) is 24.3 Å². The van der Waals surface area contributed by atoms with Crippen LogP contribution < -0.4 is 5.32 Å². The van der Waals surface area contributed by atoms with Gasteiger partial charge in [0.05, 0.1) is 10.6 Å². The molecule has 1 amide bonds. The average Bonchev–Trinajstić information content (AvgIpc) is 3.15. The highest BCUT2D eigenvalue weighted by Gasteiger charge is 2.19. The number of rotatable bonds is 7. The van der Waals surface area contributed by atoms with Crippen molar-refractivity contribution < 1.29 is 17.7 Å². The minimum Gasteiger partial charge on any atom is -0.344 e. The number of carbonyl (C=O) groups is 1. The minimum absolute atomic E-state index is 0.0273. The Morgan fingerprint density at radius 2 is 1.86 bits per heavy atom. The number of amides is 1. The van der Waals surface area contributed by atoms with Gasteiger partial charge in [-0.1, -0.05) is 41.0 Å². The van der Waals surface area contributed by atoms with Crippen molar-refractivity contribution in [3.8, 4) is 0 Å². The van der Waals surface area contributed by atoms with Gasteiger partial charge in [-0.15, -0.1) is 0 Å². The van der Waals surface area contributed by atoms with Gasteiger partial charge in [-0.25, -0.2) is 8.42 Å². The lowest BCUT2D eigenvalue weighted by atomic mass is 10.1. The topological polar surface area (TPSA) is 102 Å². The second-order valence-electron chi connectivity index (χ2n) is 6.15. The number of halogens is 1. The Hall–Kier alpha value is -2.71. The molecule has 28 heavy (non-hydrogen) atoms. The number of benzene rings is 2. The number of nitrogens with zero attached hydrogens (tertiary/aromatic N) is 2. The largest absolute Gasteiger partial charge is 0.344 e.